The minimum Gasteiger partial charge on any atom is -0.504 e. The minimum atomic E-state index is -0.933. The van der Waals surface area contributed by atoms with E-state index in [0.29, 0.717) is 0 Å². The monoisotopic (exact) mass is 303 g/mol. The van der Waals surface area contributed by atoms with Crippen LogP contribution in [0.1, 0.15) is 0 Å². The van der Waals surface area contributed by atoms with Crippen LogP contribution in [0.5, 0.6) is 5.75 Å². The van der Waals surface area contributed by atoms with E-state index in [2.05, 4.69) is 21.0 Å². The Morgan fingerprint density at radius 1 is 1.41 bits per heavy atom. The van der Waals surface area contributed by atoms with E-state index < -0.39 is 17.4 Å². The second-order valence-electron chi connectivity index (χ2n) is 3.46. The number of aromatic hydroxyl groups is 1. The van der Waals surface area contributed by atoms with E-state index >= 15 is 0 Å². The molecular weight excluding hydrogens is 296 g/mol. The number of aryl methyl sites for hydroxylation is 1. The van der Waals surface area contributed by atoms with Gasteiger partial charge in [-0.05, 0) is 22.0 Å². The number of nitrogens with zero attached hydrogens (tertiary/aromatic N) is 2. The van der Waals surface area contributed by atoms with E-state index in [9.17, 15) is 13.9 Å². The Labute approximate surface area is 104 Å². The Morgan fingerprint density at radius 2 is 2.06 bits per heavy atom. The number of rotatable bonds is 1. The molecule has 17 heavy (non-hydrogen) atoms. The van der Waals surface area contributed by atoms with Crippen molar-refractivity contribution < 1.29 is 13.9 Å². The van der Waals surface area contributed by atoms with Crippen molar-refractivity contribution >= 4 is 21.7 Å². The second kappa shape index (κ2) is 3.99. The third kappa shape index (κ3) is 1.86. The standard InChI is InChI=1S/C10H8BrF2N3O/c1-16-7(14)3-6(15-16)8-9(13)4(11)2-5(12)10(8)17/h2-3,17H,14H2,1H3. The highest BCUT2D eigenvalue weighted by atomic mass is 79.9. The molecule has 1 aromatic carbocycles. The molecule has 0 fully saturated rings. The van der Waals surface area contributed by atoms with Crippen molar-refractivity contribution in [2.45, 2.75) is 0 Å². The lowest BCUT2D eigenvalue weighted by molar-refractivity contribution is 0.428. The molecule has 90 valence electrons. The van der Waals surface area contributed by atoms with Crippen LogP contribution in [0.15, 0.2) is 16.6 Å². The van der Waals surface area contributed by atoms with Crippen LogP contribution in [0, 0.1) is 11.6 Å². The fourth-order valence-electron chi connectivity index (χ4n) is 1.42. The molecule has 0 atom stereocenters. The van der Waals surface area contributed by atoms with Crippen molar-refractivity contribution in [2.75, 3.05) is 5.73 Å². The zero-order valence-electron chi connectivity index (χ0n) is 8.71. The number of anilines is 1. The van der Waals surface area contributed by atoms with Crippen LogP contribution in [0.4, 0.5) is 14.6 Å². The third-order valence-electron chi connectivity index (χ3n) is 2.32. The van der Waals surface area contributed by atoms with Gasteiger partial charge in [-0.3, -0.25) is 4.68 Å². The van der Waals surface area contributed by atoms with Gasteiger partial charge in [-0.1, -0.05) is 0 Å². The predicted molar refractivity (Wildman–Crippen MR) is 62.3 cm³/mol. The normalized spacial score (nSPS) is 10.8. The summed E-state index contributed by atoms with van der Waals surface area (Å²) in [7, 11) is 1.56. The summed E-state index contributed by atoms with van der Waals surface area (Å²) < 4.78 is 28.3. The number of halogens is 3. The second-order valence-corrected chi connectivity index (χ2v) is 4.31. The lowest BCUT2D eigenvalue weighted by atomic mass is 10.1. The molecule has 0 aliphatic carbocycles. The Morgan fingerprint density at radius 3 is 2.59 bits per heavy atom. The SMILES string of the molecule is Cn1nc(-c2c(O)c(F)cc(Br)c2F)cc1N. The number of hydrogen-bond acceptors (Lipinski definition) is 3. The summed E-state index contributed by atoms with van der Waals surface area (Å²) in [5, 5.41) is 13.4. The maximum absolute atomic E-state index is 13.8. The molecule has 1 aromatic heterocycles. The van der Waals surface area contributed by atoms with E-state index in [1.165, 1.54) is 10.7 Å². The quantitative estimate of drug-likeness (QED) is 0.795. The van der Waals surface area contributed by atoms with Crippen molar-refractivity contribution in [2.24, 2.45) is 7.05 Å². The van der Waals surface area contributed by atoms with Gasteiger partial charge < -0.3 is 10.8 Å². The van der Waals surface area contributed by atoms with Crippen molar-refractivity contribution in [1.82, 2.24) is 9.78 Å². The molecule has 7 heteroatoms. The molecule has 3 N–H and O–H groups in total. The first kappa shape index (κ1) is 11.8. The fourth-order valence-corrected chi connectivity index (χ4v) is 1.82. The number of aromatic nitrogens is 2. The summed E-state index contributed by atoms with van der Waals surface area (Å²) in [6, 6.07) is 2.20. The van der Waals surface area contributed by atoms with Gasteiger partial charge in [-0.2, -0.15) is 5.10 Å². The zero-order valence-corrected chi connectivity index (χ0v) is 10.3. The van der Waals surface area contributed by atoms with Gasteiger partial charge >= 0.3 is 0 Å². The number of phenols is 1. The van der Waals surface area contributed by atoms with Gasteiger partial charge in [0.1, 0.15) is 11.5 Å². The third-order valence-corrected chi connectivity index (χ3v) is 2.89. The highest BCUT2D eigenvalue weighted by Crippen LogP contribution is 2.37. The lowest BCUT2D eigenvalue weighted by Gasteiger charge is -2.05. The zero-order chi connectivity index (χ0) is 12.7. The number of hydrogen-bond donors (Lipinski definition) is 2. The molecule has 4 nitrogen and oxygen atoms in total. The molecule has 0 saturated carbocycles. The Hall–Kier alpha value is -1.63. The summed E-state index contributed by atoms with van der Waals surface area (Å²) in [6.45, 7) is 0. The summed E-state index contributed by atoms with van der Waals surface area (Å²) >= 11 is 2.86. The Balaban J connectivity index is 2.74. The van der Waals surface area contributed by atoms with Gasteiger partial charge in [0.15, 0.2) is 17.4 Å². The van der Waals surface area contributed by atoms with Gasteiger partial charge in [-0.25, -0.2) is 8.78 Å². The van der Waals surface area contributed by atoms with E-state index in [1.807, 2.05) is 0 Å². The summed E-state index contributed by atoms with van der Waals surface area (Å²) in [6.07, 6.45) is 0. The van der Waals surface area contributed by atoms with Crippen molar-refractivity contribution in [3.05, 3.63) is 28.2 Å². The number of nitrogen functional groups attached to an aromatic ring is 1. The van der Waals surface area contributed by atoms with Gasteiger partial charge in [0, 0.05) is 13.1 Å². The van der Waals surface area contributed by atoms with Crippen molar-refractivity contribution in [3.63, 3.8) is 0 Å². The number of nitrogens with two attached hydrogens (primary N) is 1. The van der Waals surface area contributed by atoms with Gasteiger partial charge in [0.25, 0.3) is 0 Å². The topological polar surface area (TPSA) is 64.1 Å². The van der Waals surface area contributed by atoms with Gasteiger partial charge in [0.2, 0.25) is 0 Å². The van der Waals surface area contributed by atoms with E-state index in [-0.39, 0.29) is 21.5 Å². The molecular formula is C10H8BrF2N3O. The van der Waals surface area contributed by atoms with E-state index in [0.717, 1.165) is 6.07 Å². The van der Waals surface area contributed by atoms with Crippen molar-refractivity contribution in [1.29, 1.82) is 0 Å². The molecule has 0 unspecified atom stereocenters. The largest absolute Gasteiger partial charge is 0.504 e. The highest BCUT2D eigenvalue weighted by Gasteiger charge is 2.21. The molecule has 0 spiro atoms. The number of benzene rings is 1. The minimum absolute atomic E-state index is 0.0696. The first-order valence-electron chi connectivity index (χ1n) is 4.58. The van der Waals surface area contributed by atoms with Gasteiger partial charge in [-0.15, -0.1) is 0 Å². The summed E-state index contributed by atoms with van der Waals surface area (Å²) in [5.41, 5.74) is 5.30. The van der Waals surface area contributed by atoms with Crippen LogP contribution in [0.25, 0.3) is 11.3 Å². The molecule has 1 heterocycles. The van der Waals surface area contributed by atoms with E-state index in [4.69, 9.17) is 5.73 Å². The van der Waals surface area contributed by atoms with Crippen molar-refractivity contribution in [3.8, 4) is 17.0 Å². The maximum atomic E-state index is 13.8. The molecule has 0 amide bonds. The Kier molecular flexibility index (Phi) is 2.78. The molecule has 0 bridgehead atoms. The number of phenolic OH excluding ortho intramolecular Hbond substituents is 1. The van der Waals surface area contributed by atoms with E-state index in [1.54, 1.807) is 7.05 Å². The molecule has 0 aliphatic heterocycles. The highest BCUT2D eigenvalue weighted by molar-refractivity contribution is 9.10. The molecule has 0 saturated heterocycles. The Bertz CT molecular complexity index is 552. The van der Waals surface area contributed by atoms with Gasteiger partial charge in [0.05, 0.1) is 10.0 Å². The molecule has 0 radical (unpaired) electrons. The molecule has 0 aliphatic rings. The first-order chi connectivity index (χ1) is 7.91. The first-order valence-corrected chi connectivity index (χ1v) is 5.37. The van der Waals surface area contributed by atoms with Crippen LogP contribution < -0.4 is 5.73 Å². The molecule has 2 rings (SSSR count). The summed E-state index contributed by atoms with van der Waals surface area (Å²) in [5.74, 6) is -2.23. The summed E-state index contributed by atoms with van der Waals surface area (Å²) in [4.78, 5) is 0. The average molecular weight is 304 g/mol. The van der Waals surface area contributed by atoms with Crippen LogP contribution >= 0.6 is 15.9 Å². The average Bonchev–Trinajstić information content (AvgIpc) is 2.57. The fraction of sp³-hybridized carbons (Fsp3) is 0.100. The lowest BCUT2D eigenvalue weighted by Crippen LogP contribution is -1.97. The van der Waals surface area contributed by atoms with Crippen LogP contribution in [0.3, 0.4) is 0 Å². The van der Waals surface area contributed by atoms with Crippen LogP contribution in [-0.4, -0.2) is 14.9 Å². The maximum Gasteiger partial charge on any atom is 0.166 e. The van der Waals surface area contributed by atoms with Crippen LogP contribution in [-0.2, 0) is 7.05 Å². The smallest absolute Gasteiger partial charge is 0.166 e. The predicted octanol–water partition coefficient (Wildman–Crippen LogP) is 2.42. The van der Waals surface area contributed by atoms with Crippen LogP contribution in [0.2, 0.25) is 0 Å². The molecule has 2 aromatic rings.